The Morgan fingerprint density at radius 1 is 1.00 bits per heavy atom. The molecule has 0 saturated heterocycles. The van der Waals surface area contributed by atoms with E-state index in [9.17, 15) is 18.4 Å². The molecule has 1 fully saturated rings. The molecule has 4 heteroatoms. The lowest BCUT2D eigenvalue weighted by Gasteiger charge is -2.29. The average molecular weight is 370 g/mol. The van der Waals surface area contributed by atoms with Gasteiger partial charge in [-0.15, -0.1) is 0 Å². The molecular weight excluding hydrogens is 346 g/mol. The molecular formula is C23H24F2O2. The van der Waals surface area contributed by atoms with E-state index in [2.05, 4.69) is 12.1 Å². The number of carbonyl (C=O) groups is 2. The van der Waals surface area contributed by atoms with E-state index in [0.29, 0.717) is 5.92 Å². The number of benzene rings is 2. The van der Waals surface area contributed by atoms with Crippen molar-refractivity contribution in [2.24, 2.45) is 11.8 Å². The first-order valence-corrected chi connectivity index (χ1v) is 9.48. The summed E-state index contributed by atoms with van der Waals surface area (Å²) in [5, 5.41) is 0. The largest absolute Gasteiger partial charge is 0.299 e. The van der Waals surface area contributed by atoms with Crippen LogP contribution in [0.1, 0.15) is 49.7 Å². The fraction of sp³-hybridized carbons (Fsp3) is 0.391. The van der Waals surface area contributed by atoms with Gasteiger partial charge in [0, 0.05) is 12.0 Å². The van der Waals surface area contributed by atoms with Crippen molar-refractivity contribution < 1.29 is 18.4 Å². The Morgan fingerprint density at radius 3 is 2.26 bits per heavy atom. The molecule has 0 aliphatic heterocycles. The average Bonchev–Trinajstić information content (AvgIpc) is 2.67. The molecule has 3 rings (SSSR count). The summed E-state index contributed by atoms with van der Waals surface area (Å²) in [6.45, 7) is 1.37. The van der Waals surface area contributed by atoms with Crippen LogP contribution in [0.15, 0.2) is 48.5 Å². The molecule has 1 atom stereocenters. The molecule has 142 valence electrons. The molecule has 0 N–H and O–H groups in total. The first kappa shape index (κ1) is 19.4. The Morgan fingerprint density at radius 2 is 1.67 bits per heavy atom. The molecule has 1 saturated carbocycles. The maximum atomic E-state index is 14.0. The maximum Gasteiger partial charge on any atom is 0.146 e. The van der Waals surface area contributed by atoms with Crippen LogP contribution in [0.2, 0.25) is 0 Å². The zero-order valence-corrected chi connectivity index (χ0v) is 15.5. The van der Waals surface area contributed by atoms with Crippen molar-refractivity contribution in [3.05, 3.63) is 71.3 Å². The van der Waals surface area contributed by atoms with Crippen LogP contribution in [0.4, 0.5) is 8.78 Å². The minimum Gasteiger partial charge on any atom is -0.299 e. The first-order valence-electron chi connectivity index (χ1n) is 9.48. The molecule has 0 amide bonds. The molecule has 0 radical (unpaired) electrons. The summed E-state index contributed by atoms with van der Waals surface area (Å²) < 4.78 is 27.1. The summed E-state index contributed by atoms with van der Waals surface area (Å²) in [5.41, 5.74) is 1.50. The molecule has 0 heterocycles. The van der Waals surface area contributed by atoms with Crippen molar-refractivity contribution in [2.75, 3.05) is 0 Å². The Labute approximate surface area is 158 Å². The van der Waals surface area contributed by atoms with Gasteiger partial charge in [-0.05, 0) is 62.1 Å². The van der Waals surface area contributed by atoms with Gasteiger partial charge in [0.25, 0.3) is 0 Å². The third kappa shape index (κ3) is 4.68. The van der Waals surface area contributed by atoms with E-state index in [1.165, 1.54) is 18.6 Å². The quantitative estimate of drug-likeness (QED) is 0.651. The van der Waals surface area contributed by atoms with Gasteiger partial charge in [-0.2, -0.15) is 0 Å². The van der Waals surface area contributed by atoms with Crippen molar-refractivity contribution >= 4 is 11.6 Å². The summed E-state index contributed by atoms with van der Waals surface area (Å²) in [7, 11) is 0. The Kier molecular flexibility index (Phi) is 6.15. The van der Waals surface area contributed by atoms with Gasteiger partial charge in [0.15, 0.2) is 0 Å². The third-order valence-electron chi connectivity index (χ3n) is 5.67. The van der Waals surface area contributed by atoms with Crippen LogP contribution in [-0.4, -0.2) is 11.6 Å². The van der Waals surface area contributed by atoms with E-state index in [-0.39, 0.29) is 29.5 Å². The van der Waals surface area contributed by atoms with Crippen LogP contribution in [0.3, 0.4) is 0 Å². The highest BCUT2D eigenvalue weighted by atomic mass is 19.1. The molecule has 1 unspecified atom stereocenters. The van der Waals surface area contributed by atoms with Gasteiger partial charge in [-0.1, -0.05) is 36.4 Å². The molecule has 2 aromatic carbocycles. The fourth-order valence-corrected chi connectivity index (χ4v) is 4.07. The predicted octanol–water partition coefficient (Wildman–Crippen LogP) is 5.26. The van der Waals surface area contributed by atoms with Crippen LogP contribution in [0.5, 0.6) is 0 Å². The minimum atomic E-state index is -0.858. The van der Waals surface area contributed by atoms with Gasteiger partial charge in [0.1, 0.15) is 23.2 Å². The normalized spacial score (nSPS) is 20.9. The second-order valence-corrected chi connectivity index (χ2v) is 7.46. The van der Waals surface area contributed by atoms with Crippen LogP contribution in [0, 0.1) is 23.5 Å². The molecule has 1 aliphatic carbocycles. The van der Waals surface area contributed by atoms with E-state index in [1.54, 1.807) is 0 Å². The molecule has 0 aromatic heterocycles. The molecule has 2 nitrogen and oxygen atoms in total. The van der Waals surface area contributed by atoms with Gasteiger partial charge < -0.3 is 0 Å². The summed E-state index contributed by atoms with van der Waals surface area (Å²) in [6.07, 6.45) is 3.31. The van der Waals surface area contributed by atoms with E-state index in [4.69, 9.17) is 0 Å². The van der Waals surface area contributed by atoms with Gasteiger partial charge in [0.2, 0.25) is 0 Å². The standard InChI is InChI=1S/C23H24F2O2/c1-15(26)21(13-19-11-12-20(24)14-22(19)25)23(27)18-9-7-17(8-10-18)16-5-3-2-4-6-16/h2-6,11-12,14,17-18,21H,7-10,13H2,1H3/t17-,18-,21?. The van der Waals surface area contributed by atoms with Crippen molar-refractivity contribution in [1.29, 1.82) is 0 Å². The lowest BCUT2D eigenvalue weighted by Crippen LogP contribution is -2.32. The second-order valence-electron chi connectivity index (χ2n) is 7.46. The smallest absolute Gasteiger partial charge is 0.146 e. The van der Waals surface area contributed by atoms with Crippen molar-refractivity contribution in [3.8, 4) is 0 Å². The predicted molar refractivity (Wildman–Crippen MR) is 100 cm³/mol. The van der Waals surface area contributed by atoms with Crippen molar-refractivity contribution in [1.82, 2.24) is 0 Å². The zero-order valence-electron chi connectivity index (χ0n) is 15.5. The number of Topliss-reactive ketones (excluding diaryl/α,β-unsaturated/α-hetero) is 2. The number of ketones is 2. The zero-order chi connectivity index (χ0) is 19.4. The third-order valence-corrected chi connectivity index (χ3v) is 5.67. The van der Waals surface area contributed by atoms with E-state index < -0.39 is 17.6 Å². The van der Waals surface area contributed by atoms with Gasteiger partial charge >= 0.3 is 0 Å². The molecule has 0 bridgehead atoms. The lowest BCUT2D eigenvalue weighted by atomic mass is 9.73. The highest BCUT2D eigenvalue weighted by molar-refractivity contribution is 6.02. The topological polar surface area (TPSA) is 34.1 Å². The number of carbonyl (C=O) groups excluding carboxylic acids is 2. The first-order chi connectivity index (χ1) is 13.0. The highest BCUT2D eigenvalue weighted by Crippen LogP contribution is 2.37. The summed E-state index contributed by atoms with van der Waals surface area (Å²) >= 11 is 0. The van der Waals surface area contributed by atoms with Gasteiger partial charge in [-0.25, -0.2) is 8.78 Å². The van der Waals surface area contributed by atoms with Crippen LogP contribution in [0.25, 0.3) is 0 Å². The minimum absolute atomic E-state index is 0.00110. The Hall–Kier alpha value is -2.36. The Balaban J connectivity index is 1.66. The van der Waals surface area contributed by atoms with E-state index in [1.807, 2.05) is 18.2 Å². The fourth-order valence-electron chi connectivity index (χ4n) is 4.07. The SMILES string of the molecule is CC(=O)C(Cc1ccc(F)cc1F)C(=O)[C@H]1CC[C@H](c2ccccc2)CC1. The maximum absolute atomic E-state index is 14.0. The number of halogens is 2. The van der Waals surface area contributed by atoms with Crippen LogP contribution >= 0.6 is 0 Å². The molecule has 2 aromatic rings. The van der Waals surface area contributed by atoms with Crippen LogP contribution < -0.4 is 0 Å². The lowest BCUT2D eigenvalue weighted by molar-refractivity contribution is -0.134. The summed E-state index contributed by atoms with van der Waals surface area (Å²) in [4.78, 5) is 25.0. The monoisotopic (exact) mass is 370 g/mol. The van der Waals surface area contributed by atoms with Crippen LogP contribution in [-0.2, 0) is 16.0 Å². The van der Waals surface area contributed by atoms with E-state index >= 15 is 0 Å². The molecule has 0 spiro atoms. The number of hydrogen-bond donors (Lipinski definition) is 0. The summed E-state index contributed by atoms with van der Waals surface area (Å²) in [6, 6.07) is 13.5. The highest BCUT2D eigenvalue weighted by Gasteiger charge is 2.34. The van der Waals surface area contributed by atoms with E-state index in [0.717, 1.165) is 37.8 Å². The molecule has 1 aliphatic rings. The summed E-state index contributed by atoms with van der Waals surface area (Å²) in [5.74, 6) is -2.30. The van der Waals surface area contributed by atoms with Crippen molar-refractivity contribution in [3.63, 3.8) is 0 Å². The number of hydrogen-bond acceptors (Lipinski definition) is 2. The van der Waals surface area contributed by atoms with Gasteiger partial charge in [-0.3, -0.25) is 9.59 Å². The Bertz CT molecular complexity index is 808. The van der Waals surface area contributed by atoms with Gasteiger partial charge in [0.05, 0.1) is 5.92 Å². The molecule has 27 heavy (non-hydrogen) atoms. The van der Waals surface area contributed by atoms with Crippen molar-refractivity contribution in [2.45, 2.75) is 44.9 Å². The number of rotatable bonds is 6. The second kappa shape index (κ2) is 8.55.